The Bertz CT molecular complexity index is 3080. The van der Waals surface area contributed by atoms with Crippen LogP contribution in [0.2, 0.25) is 0 Å². The summed E-state index contributed by atoms with van der Waals surface area (Å²) in [6, 6.07) is 43.2. The van der Waals surface area contributed by atoms with Crippen molar-refractivity contribution in [1.82, 2.24) is 10.6 Å². The summed E-state index contributed by atoms with van der Waals surface area (Å²) in [4.78, 5) is 50.3. The number of benzene rings is 7. The van der Waals surface area contributed by atoms with E-state index in [2.05, 4.69) is 21.3 Å². The molecular formula is C50H39N5O8S. The third kappa shape index (κ3) is 9.83. The summed E-state index contributed by atoms with van der Waals surface area (Å²) in [5.74, 6) is -1.28. The quantitative estimate of drug-likeness (QED) is 0.0349. The highest BCUT2D eigenvalue weighted by Crippen LogP contribution is 2.42. The highest BCUT2D eigenvalue weighted by Gasteiger charge is 2.22. The standard InChI is InChI=1S/C50H39N5O8S/c51-42-21-14-34(32-4-2-1-3-5-32)22-43(42)55-47(58)33-12-10-30(11-13-33)27-53-50(61)62-28-31-8-6-29(7-9-31)26-52-49(64)54-35-15-18-38(41(23-35)48(59)60)46-39-19-16-36(56)24-44(39)63-45-25-37(57)17-20-40(45)46/h1-25,56H,26-28,51H2,(H,53,61)(H,55,58)(H,59,60)(H2,52,54,64). The molecule has 6 aromatic carbocycles. The summed E-state index contributed by atoms with van der Waals surface area (Å²) in [6.45, 7) is 0.593. The predicted molar refractivity (Wildman–Crippen MR) is 250 cm³/mol. The van der Waals surface area contributed by atoms with Crippen LogP contribution in [0.25, 0.3) is 44.5 Å². The van der Waals surface area contributed by atoms with Gasteiger partial charge in [-0.3, -0.25) is 9.59 Å². The molecule has 13 nitrogen and oxygen atoms in total. The molecule has 2 aliphatic rings. The van der Waals surface area contributed by atoms with Crippen LogP contribution < -0.4 is 32.4 Å². The van der Waals surface area contributed by atoms with E-state index >= 15 is 0 Å². The Labute approximate surface area is 371 Å². The molecule has 318 valence electrons. The van der Waals surface area contributed by atoms with Crippen LogP contribution in [-0.2, 0) is 24.4 Å². The van der Waals surface area contributed by atoms with E-state index in [4.69, 9.17) is 27.1 Å². The van der Waals surface area contributed by atoms with Crippen LogP contribution in [-0.4, -0.2) is 33.3 Å². The second-order valence-corrected chi connectivity index (χ2v) is 15.2. The number of carboxylic acids is 1. The Morgan fingerprint density at radius 2 is 1.39 bits per heavy atom. The zero-order chi connectivity index (χ0) is 44.7. The number of phenolic OH excluding ortho intramolecular Hbond substituents is 1. The first-order valence-corrected chi connectivity index (χ1v) is 20.3. The van der Waals surface area contributed by atoms with Crippen molar-refractivity contribution >= 4 is 63.3 Å². The maximum Gasteiger partial charge on any atom is 0.407 e. The summed E-state index contributed by atoms with van der Waals surface area (Å²) < 4.78 is 11.3. The lowest BCUT2D eigenvalue weighted by Gasteiger charge is -2.18. The number of aromatic carboxylic acids is 1. The summed E-state index contributed by atoms with van der Waals surface area (Å²) in [5, 5.41) is 33.0. The number of amides is 2. The lowest BCUT2D eigenvalue weighted by molar-refractivity contribution is 0.0697. The van der Waals surface area contributed by atoms with Gasteiger partial charge in [0.2, 0.25) is 0 Å². The number of nitrogens with two attached hydrogens (primary N) is 1. The molecule has 0 unspecified atom stereocenters. The molecule has 6 aromatic rings. The first-order chi connectivity index (χ1) is 31.0. The number of carbonyl (C=O) groups is 3. The van der Waals surface area contributed by atoms with Gasteiger partial charge in [0.25, 0.3) is 5.91 Å². The molecule has 1 aliphatic carbocycles. The van der Waals surface area contributed by atoms with Gasteiger partial charge in [0.1, 0.15) is 23.7 Å². The SMILES string of the molecule is Nc1ccc(-c2ccccc2)cc1NC(=O)c1ccc(CNC(=O)OCc2ccc(CNC(=S)Nc3ccc(-c4c5ccc(=O)cc-5oc5cc(O)ccc45)c(C(=O)O)c3)cc2)cc1. The average Bonchev–Trinajstić information content (AvgIpc) is 3.30. The molecule has 0 aromatic heterocycles. The monoisotopic (exact) mass is 869 g/mol. The number of hydrogen-bond donors (Lipinski definition) is 7. The van der Waals surface area contributed by atoms with Crippen LogP contribution in [0.15, 0.2) is 161 Å². The molecule has 0 spiro atoms. The highest BCUT2D eigenvalue weighted by molar-refractivity contribution is 7.80. The molecule has 8 rings (SSSR count). The minimum Gasteiger partial charge on any atom is -0.508 e. The number of carbonyl (C=O) groups excluding carboxylic acids is 2. The molecule has 14 heteroatoms. The average molecular weight is 870 g/mol. The van der Waals surface area contributed by atoms with Gasteiger partial charge in [-0.25, -0.2) is 9.59 Å². The maximum absolute atomic E-state index is 13.0. The first kappa shape index (κ1) is 42.2. The van der Waals surface area contributed by atoms with Gasteiger partial charge < -0.3 is 46.4 Å². The minimum atomic E-state index is -1.18. The van der Waals surface area contributed by atoms with E-state index in [1.165, 1.54) is 30.3 Å². The summed E-state index contributed by atoms with van der Waals surface area (Å²) in [6.07, 6.45) is -0.601. The molecule has 8 N–H and O–H groups in total. The summed E-state index contributed by atoms with van der Waals surface area (Å²) in [5.41, 5.74) is 13.8. The van der Waals surface area contributed by atoms with Gasteiger partial charge in [-0.05, 0) is 106 Å². The second kappa shape index (κ2) is 18.6. The third-order valence-electron chi connectivity index (χ3n) is 10.4. The van der Waals surface area contributed by atoms with Crippen molar-refractivity contribution in [3.8, 4) is 39.3 Å². The number of nitrogens with one attached hydrogen (secondary N) is 4. The number of carboxylic acid groups (broad SMARTS) is 1. The van der Waals surface area contributed by atoms with Gasteiger partial charge >= 0.3 is 12.1 Å². The van der Waals surface area contributed by atoms with Gasteiger partial charge in [-0.2, -0.15) is 0 Å². The van der Waals surface area contributed by atoms with E-state index in [9.17, 15) is 29.4 Å². The first-order valence-electron chi connectivity index (χ1n) is 19.9. The van der Waals surface area contributed by atoms with Crippen molar-refractivity contribution in [2.24, 2.45) is 0 Å². The van der Waals surface area contributed by atoms with Crippen molar-refractivity contribution in [2.75, 3.05) is 16.4 Å². The van der Waals surface area contributed by atoms with Gasteiger partial charge in [0, 0.05) is 53.0 Å². The minimum absolute atomic E-state index is 0.0172. The second-order valence-electron chi connectivity index (χ2n) is 14.8. The van der Waals surface area contributed by atoms with E-state index in [0.717, 1.165) is 27.8 Å². The maximum atomic E-state index is 13.0. The van der Waals surface area contributed by atoms with Gasteiger partial charge in [-0.1, -0.05) is 78.9 Å². The lowest BCUT2D eigenvalue weighted by Crippen LogP contribution is -2.28. The van der Waals surface area contributed by atoms with Gasteiger partial charge in [0.15, 0.2) is 10.5 Å². The molecular weight excluding hydrogens is 831 g/mol. The fourth-order valence-electron chi connectivity index (χ4n) is 7.09. The third-order valence-corrected chi connectivity index (χ3v) is 10.6. The van der Waals surface area contributed by atoms with E-state index in [0.29, 0.717) is 51.2 Å². The van der Waals surface area contributed by atoms with Crippen LogP contribution in [0.3, 0.4) is 0 Å². The molecule has 0 saturated carbocycles. The van der Waals surface area contributed by atoms with Crippen molar-refractivity contribution < 1.29 is 33.8 Å². The van der Waals surface area contributed by atoms with Gasteiger partial charge in [0.05, 0.1) is 16.9 Å². The molecule has 64 heavy (non-hydrogen) atoms. The van der Waals surface area contributed by atoms with Crippen LogP contribution in [0.1, 0.15) is 37.4 Å². The smallest absolute Gasteiger partial charge is 0.407 e. The molecule has 0 atom stereocenters. The zero-order valence-electron chi connectivity index (χ0n) is 33.9. The Morgan fingerprint density at radius 1 is 0.688 bits per heavy atom. The van der Waals surface area contributed by atoms with Crippen LogP contribution in [0, 0.1) is 0 Å². The number of thiocarbonyl (C=S) groups is 1. The number of rotatable bonds is 12. The molecule has 1 heterocycles. The van der Waals surface area contributed by atoms with Crippen molar-refractivity contribution in [3.63, 3.8) is 0 Å². The summed E-state index contributed by atoms with van der Waals surface area (Å²) in [7, 11) is 0. The largest absolute Gasteiger partial charge is 0.508 e. The molecule has 1 aliphatic heterocycles. The van der Waals surface area contributed by atoms with Crippen molar-refractivity contribution in [1.29, 1.82) is 0 Å². The Kier molecular flexibility index (Phi) is 12.3. The van der Waals surface area contributed by atoms with Crippen LogP contribution in [0.4, 0.5) is 21.9 Å². The highest BCUT2D eigenvalue weighted by atomic mass is 32.1. The molecule has 0 fully saturated rings. The molecule has 0 bridgehead atoms. The number of alkyl carbamates (subject to hydrolysis) is 1. The van der Waals surface area contributed by atoms with E-state index in [1.807, 2.05) is 66.7 Å². The molecule has 0 saturated heterocycles. The lowest BCUT2D eigenvalue weighted by atomic mass is 9.90. The van der Waals surface area contributed by atoms with E-state index < -0.39 is 12.1 Å². The Morgan fingerprint density at radius 3 is 2.14 bits per heavy atom. The number of hydrogen-bond acceptors (Lipinski definition) is 9. The Balaban J connectivity index is 0.809. The fraction of sp³-hybridized carbons (Fsp3) is 0.0600. The zero-order valence-corrected chi connectivity index (χ0v) is 34.7. The van der Waals surface area contributed by atoms with Crippen LogP contribution >= 0.6 is 12.2 Å². The number of fused-ring (bicyclic) bond motifs is 2. The summed E-state index contributed by atoms with van der Waals surface area (Å²) >= 11 is 5.52. The fourth-order valence-corrected chi connectivity index (χ4v) is 7.28. The Hall–Kier alpha value is -8.49. The number of aromatic hydroxyl groups is 1. The molecule has 2 amide bonds. The number of ether oxygens (including phenoxy) is 1. The van der Waals surface area contributed by atoms with E-state index in [1.54, 1.807) is 54.6 Å². The number of anilines is 3. The van der Waals surface area contributed by atoms with Crippen molar-refractivity contribution in [2.45, 2.75) is 19.7 Å². The number of nitrogen functional groups attached to an aromatic ring is 1. The van der Waals surface area contributed by atoms with E-state index in [-0.39, 0.29) is 52.3 Å². The van der Waals surface area contributed by atoms with Gasteiger partial charge in [-0.15, -0.1) is 0 Å². The van der Waals surface area contributed by atoms with Crippen LogP contribution in [0.5, 0.6) is 5.75 Å². The predicted octanol–water partition coefficient (Wildman–Crippen LogP) is 9.38. The number of phenols is 1. The molecule has 0 radical (unpaired) electrons. The topological polar surface area (TPSA) is 205 Å². The normalized spacial score (nSPS) is 10.9. The van der Waals surface area contributed by atoms with Crippen molar-refractivity contribution in [3.05, 3.63) is 190 Å².